The summed E-state index contributed by atoms with van der Waals surface area (Å²) in [6.45, 7) is 4.37. The molecular weight excluding hydrogens is 428 g/mol. The van der Waals surface area contributed by atoms with Crippen molar-refractivity contribution in [2.75, 3.05) is 0 Å². The lowest BCUT2D eigenvalue weighted by Gasteiger charge is -2.16. The maximum Gasteiger partial charge on any atom is 0.147 e. The summed E-state index contributed by atoms with van der Waals surface area (Å²) in [5, 5.41) is 0. The Balaban J connectivity index is 1.80. The summed E-state index contributed by atoms with van der Waals surface area (Å²) >= 11 is 0. The molecule has 0 radical (unpaired) electrons. The van der Waals surface area contributed by atoms with Crippen molar-refractivity contribution in [3.8, 4) is 39.5 Å². The standard InChI is InChI=1S/C31H24N4/c1-21-10-6-7-13-25(21)29-22(2)26(23-11-4-3-5-12-23)20-27-30(29)34-31(24-15-18-32-19-16-24)35(27)28-14-8-9-17-33-28/h3-20H,1-2H3. The van der Waals surface area contributed by atoms with E-state index >= 15 is 0 Å². The molecule has 0 bridgehead atoms. The van der Waals surface area contributed by atoms with Crippen LogP contribution in [-0.2, 0) is 0 Å². The molecule has 6 aromatic rings. The summed E-state index contributed by atoms with van der Waals surface area (Å²) in [7, 11) is 0. The summed E-state index contributed by atoms with van der Waals surface area (Å²) in [5.74, 6) is 1.68. The number of aromatic nitrogens is 4. The van der Waals surface area contributed by atoms with Crippen LogP contribution in [0.1, 0.15) is 11.1 Å². The first kappa shape index (κ1) is 21.0. The van der Waals surface area contributed by atoms with Crippen LogP contribution in [0.2, 0.25) is 0 Å². The molecule has 35 heavy (non-hydrogen) atoms. The summed E-state index contributed by atoms with van der Waals surface area (Å²) in [4.78, 5) is 14.2. The number of imidazole rings is 1. The number of aryl methyl sites for hydroxylation is 1. The van der Waals surface area contributed by atoms with E-state index in [1.807, 2.05) is 36.5 Å². The highest BCUT2D eigenvalue weighted by Crippen LogP contribution is 2.41. The molecule has 0 aliphatic rings. The number of hydrogen-bond donors (Lipinski definition) is 0. The van der Waals surface area contributed by atoms with Crippen molar-refractivity contribution < 1.29 is 0 Å². The van der Waals surface area contributed by atoms with E-state index in [-0.39, 0.29) is 0 Å². The molecule has 0 fully saturated rings. The van der Waals surface area contributed by atoms with Gasteiger partial charge in [0.1, 0.15) is 11.6 Å². The molecule has 3 aromatic carbocycles. The molecule has 0 N–H and O–H groups in total. The molecule has 4 nitrogen and oxygen atoms in total. The van der Waals surface area contributed by atoms with Crippen LogP contribution in [0.5, 0.6) is 0 Å². The van der Waals surface area contributed by atoms with Gasteiger partial charge in [0.15, 0.2) is 0 Å². The SMILES string of the molecule is Cc1ccccc1-c1c(C)c(-c2ccccc2)cc2c1nc(-c1ccncc1)n2-c1ccccn1. The number of fused-ring (bicyclic) bond motifs is 1. The first-order valence-corrected chi connectivity index (χ1v) is 11.7. The molecular formula is C31H24N4. The average Bonchev–Trinajstić information content (AvgIpc) is 3.29. The molecule has 0 aliphatic heterocycles. The maximum atomic E-state index is 5.27. The highest BCUT2D eigenvalue weighted by atomic mass is 15.1. The Morgan fingerprint density at radius 2 is 1.40 bits per heavy atom. The lowest BCUT2D eigenvalue weighted by atomic mass is 9.89. The Labute approximate surface area is 204 Å². The molecule has 0 unspecified atom stereocenters. The van der Waals surface area contributed by atoms with Crippen LogP contribution in [0.3, 0.4) is 0 Å². The fourth-order valence-corrected chi connectivity index (χ4v) is 4.82. The Morgan fingerprint density at radius 1 is 0.657 bits per heavy atom. The second-order valence-electron chi connectivity index (χ2n) is 8.67. The van der Waals surface area contributed by atoms with Gasteiger partial charge in [0, 0.05) is 29.7 Å². The molecule has 0 atom stereocenters. The topological polar surface area (TPSA) is 43.6 Å². The van der Waals surface area contributed by atoms with Crippen LogP contribution in [0, 0.1) is 13.8 Å². The average molecular weight is 453 g/mol. The Hall–Kier alpha value is -4.57. The van der Waals surface area contributed by atoms with E-state index in [1.54, 1.807) is 12.4 Å². The number of pyridine rings is 2. The predicted molar refractivity (Wildman–Crippen MR) is 142 cm³/mol. The fourth-order valence-electron chi connectivity index (χ4n) is 4.82. The molecule has 0 saturated heterocycles. The highest BCUT2D eigenvalue weighted by Gasteiger charge is 2.22. The van der Waals surface area contributed by atoms with Crippen molar-refractivity contribution in [2.45, 2.75) is 13.8 Å². The minimum atomic E-state index is 0.834. The van der Waals surface area contributed by atoms with Gasteiger partial charge in [-0.1, -0.05) is 60.7 Å². The third-order valence-corrected chi connectivity index (χ3v) is 6.53. The Kier molecular flexibility index (Phi) is 5.19. The van der Waals surface area contributed by atoms with Gasteiger partial charge in [-0.25, -0.2) is 9.97 Å². The zero-order valence-corrected chi connectivity index (χ0v) is 19.7. The predicted octanol–water partition coefficient (Wildman–Crippen LogP) is 7.43. The molecule has 6 rings (SSSR count). The second kappa shape index (κ2) is 8.65. The van der Waals surface area contributed by atoms with E-state index in [0.717, 1.165) is 33.8 Å². The van der Waals surface area contributed by atoms with Gasteiger partial charge in [-0.05, 0) is 72.0 Å². The highest BCUT2D eigenvalue weighted by molar-refractivity contribution is 6.01. The van der Waals surface area contributed by atoms with E-state index in [1.165, 1.54) is 27.8 Å². The van der Waals surface area contributed by atoms with Crippen LogP contribution in [0.15, 0.2) is 110 Å². The van der Waals surface area contributed by atoms with E-state index in [0.29, 0.717) is 0 Å². The molecule has 0 spiro atoms. The molecule has 3 heterocycles. The number of nitrogens with zero attached hydrogens (tertiary/aromatic N) is 4. The normalized spacial score (nSPS) is 11.1. The minimum absolute atomic E-state index is 0.834. The van der Waals surface area contributed by atoms with Crippen molar-refractivity contribution in [2.24, 2.45) is 0 Å². The summed E-state index contributed by atoms with van der Waals surface area (Å²) in [6, 6.07) is 31.3. The van der Waals surface area contributed by atoms with Crippen molar-refractivity contribution in [3.05, 3.63) is 121 Å². The van der Waals surface area contributed by atoms with Crippen molar-refractivity contribution in [3.63, 3.8) is 0 Å². The number of benzene rings is 3. The molecule has 168 valence electrons. The molecule has 0 amide bonds. The third kappa shape index (κ3) is 3.60. The van der Waals surface area contributed by atoms with Gasteiger partial charge in [0.05, 0.1) is 11.0 Å². The van der Waals surface area contributed by atoms with Gasteiger partial charge < -0.3 is 0 Å². The lowest BCUT2D eigenvalue weighted by molar-refractivity contribution is 1.03. The molecule has 4 heteroatoms. The first-order chi connectivity index (χ1) is 17.2. The third-order valence-electron chi connectivity index (χ3n) is 6.53. The van der Waals surface area contributed by atoms with Crippen molar-refractivity contribution in [1.82, 2.24) is 19.5 Å². The zero-order chi connectivity index (χ0) is 23.8. The van der Waals surface area contributed by atoms with Crippen LogP contribution in [-0.4, -0.2) is 19.5 Å². The second-order valence-corrected chi connectivity index (χ2v) is 8.67. The van der Waals surface area contributed by atoms with Gasteiger partial charge in [-0.3, -0.25) is 9.55 Å². The van der Waals surface area contributed by atoms with E-state index in [2.05, 4.69) is 84.1 Å². The largest absolute Gasteiger partial charge is 0.276 e. The van der Waals surface area contributed by atoms with Gasteiger partial charge >= 0.3 is 0 Å². The van der Waals surface area contributed by atoms with Crippen LogP contribution >= 0.6 is 0 Å². The van der Waals surface area contributed by atoms with E-state index in [4.69, 9.17) is 9.97 Å². The quantitative estimate of drug-likeness (QED) is 0.279. The number of hydrogen-bond acceptors (Lipinski definition) is 3. The zero-order valence-electron chi connectivity index (χ0n) is 19.7. The summed E-state index contributed by atoms with van der Waals surface area (Å²) in [6.07, 6.45) is 5.44. The maximum absolute atomic E-state index is 5.27. The molecule has 0 aliphatic carbocycles. The monoisotopic (exact) mass is 452 g/mol. The van der Waals surface area contributed by atoms with Crippen molar-refractivity contribution in [1.29, 1.82) is 0 Å². The lowest BCUT2D eigenvalue weighted by Crippen LogP contribution is -2.00. The molecule has 0 saturated carbocycles. The van der Waals surface area contributed by atoms with Gasteiger partial charge in [-0.2, -0.15) is 0 Å². The van der Waals surface area contributed by atoms with E-state index < -0.39 is 0 Å². The van der Waals surface area contributed by atoms with Crippen LogP contribution in [0.25, 0.3) is 50.5 Å². The van der Waals surface area contributed by atoms with Crippen LogP contribution < -0.4 is 0 Å². The fraction of sp³-hybridized carbons (Fsp3) is 0.0645. The van der Waals surface area contributed by atoms with Crippen LogP contribution in [0.4, 0.5) is 0 Å². The van der Waals surface area contributed by atoms with Gasteiger partial charge in [0.25, 0.3) is 0 Å². The number of rotatable bonds is 4. The molecule has 3 aromatic heterocycles. The minimum Gasteiger partial charge on any atom is -0.276 e. The van der Waals surface area contributed by atoms with Gasteiger partial charge in [-0.15, -0.1) is 0 Å². The van der Waals surface area contributed by atoms with Gasteiger partial charge in [0.2, 0.25) is 0 Å². The Bertz CT molecular complexity index is 1640. The Morgan fingerprint density at radius 3 is 2.14 bits per heavy atom. The first-order valence-electron chi connectivity index (χ1n) is 11.7. The summed E-state index contributed by atoms with van der Waals surface area (Å²) in [5.41, 5.74) is 10.1. The summed E-state index contributed by atoms with van der Waals surface area (Å²) < 4.78 is 2.16. The van der Waals surface area contributed by atoms with Crippen molar-refractivity contribution >= 4 is 11.0 Å². The van der Waals surface area contributed by atoms with E-state index in [9.17, 15) is 0 Å². The smallest absolute Gasteiger partial charge is 0.147 e.